The predicted octanol–water partition coefficient (Wildman–Crippen LogP) is 6.19. The highest BCUT2D eigenvalue weighted by Crippen LogP contribution is 2.44. The second-order valence-electron chi connectivity index (χ2n) is 11.6. The molecule has 1 aliphatic heterocycles. The van der Waals surface area contributed by atoms with E-state index >= 15 is 0 Å². The zero-order valence-corrected chi connectivity index (χ0v) is 24.8. The van der Waals surface area contributed by atoms with E-state index in [9.17, 15) is 14.4 Å². The Labute approximate surface area is 221 Å². The third-order valence-corrected chi connectivity index (χ3v) is 7.45. The Morgan fingerprint density at radius 2 is 1.28 bits per heavy atom. The van der Waals surface area contributed by atoms with Crippen LogP contribution in [0.4, 0.5) is 0 Å². The van der Waals surface area contributed by atoms with E-state index in [2.05, 4.69) is 6.92 Å². The molecule has 0 aromatic carbocycles. The Kier molecular flexibility index (Phi) is 17.2. The smallest absolute Gasteiger partial charge is 0.373 e. The maximum absolute atomic E-state index is 11.7. The summed E-state index contributed by atoms with van der Waals surface area (Å²) in [5.74, 6) is -1.59. The first-order chi connectivity index (χ1) is 17.0. The standard InChI is InChI=1S/C27H56NO7P/c1-6-7-8-9-10-11-12-13-14-15-16-17-18-19-20-21-25-22-34-26(23-33-25)27(32-5,24-28(2,3)4)35-36(29,30)31/h25-26H,6-24H2,1-5H3,(H-,29,30,31)/p+1/t25-,26-,27?/m1/s1. The van der Waals surface area contributed by atoms with Gasteiger partial charge in [-0.2, -0.15) is 0 Å². The van der Waals surface area contributed by atoms with Crippen molar-refractivity contribution in [1.29, 1.82) is 0 Å². The minimum absolute atomic E-state index is 0.00281. The summed E-state index contributed by atoms with van der Waals surface area (Å²) >= 11 is 0. The van der Waals surface area contributed by atoms with Crippen molar-refractivity contribution in [2.75, 3.05) is 48.0 Å². The average molecular weight is 539 g/mol. The molecule has 2 N–H and O–H groups in total. The van der Waals surface area contributed by atoms with Gasteiger partial charge in [0.2, 0.25) is 0 Å². The molecule has 9 heteroatoms. The van der Waals surface area contributed by atoms with Gasteiger partial charge in [0.1, 0.15) is 12.6 Å². The fourth-order valence-electron chi connectivity index (χ4n) is 4.99. The summed E-state index contributed by atoms with van der Waals surface area (Å²) < 4.78 is 34.7. The number of likely N-dealkylation sites (N-methyl/N-ethyl adjacent to an activating group) is 1. The Morgan fingerprint density at radius 3 is 1.64 bits per heavy atom. The van der Waals surface area contributed by atoms with Gasteiger partial charge in [-0.1, -0.05) is 103 Å². The van der Waals surface area contributed by atoms with Crippen molar-refractivity contribution in [2.45, 2.75) is 128 Å². The predicted molar refractivity (Wildman–Crippen MR) is 145 cm³/mol. The van der Waals surface area contributed by atoms with Crippen molar-refractivity contribution in [3.8, 4) is 0 Å². The highest BCUT2D eigenvalue weighted by Gasteiger charge is 2.52. The van der Waals surface area contributed by atoms with Crippen LogP contribution in [0.15, 0.2) is 0 Å². The number of nitrogens with zero attached hydrogens (tertiary/aromatic N) is 1. The zero-order chi connectivity index (χ0) is 26.9. The molecule has 0 aromatic rings. The maximum Gasteiger partial charge on any atom is 0.472 e. The molecule has 8 nitrogen and oxygen atoms in total. The number of phosphoric acid groups is 1. The quantitative estimate of drug-likeness (QED) is 0.0734. The number of phosphoric ester groups is 1. The van der Waals surface area contributed by atoms with Gasteiger partial charge in [-0.05, 0) is 6.42 Å². The number of rotatable bonds is 22. The summed E-state index contributed by atoms with van der Waals surface area (Å²) in [5, 5.41) is 0. The molecule has 0 aromatic heterocycles. The molecule has 1 saturated heterocycles. The Bertz CT molecular complexity index is 587. The van der Waals surface area contributed by atoms with E-state index in [1.165, 1.54) is 97.0 Å². The Hall–Kier alpha value is -0.0500. The normalized spacial score (nSPS) is 21.0. The van der Waals surface area contributed by atoms with Gasteiger partial charge < -0.3 is 28.5 Å². The van der Waals surface area contributed by atoms with E-state index in [0.29, 0.717) is 11.1 Å². The van der Waals surface area contributed by atoms with Crippen LogP contribution < -0.4 is 0 Å². The number of quaternary nitrogens is 1. The lowest BCUT2D eigenvalue weighted by atomic mass is 10.0. The van der Waals surface area contributed by atoms with Crippen LogP contribution in [0, 0.1) is 0 Å². The number of ether oxygens (including phenoxy) is 3. The van der Waals surface area contributed by atoms with Gasteiger partial charge in [0.25, 0.3) is 5.79 Å². The number of hydrogen-bond acceptors (Lipinski definition) is 5. The van der Waals surface area contributed by atoms with Gasteiger partial charge in [0, 0.05) is 7.11 Å². The van der Waals surface area contributed by atoms with Crippen LogP contribution in [-0.4, -0.2) is 80.3 Å². The van der Waals surface area contributed by atoms with E-state index in [0.717, 1.165) is 12.8 Å². The van der Waals surface area contributed by atoms with Crippen LogP contribution in [0.25, 0.3) is 0 Å². The van der Waals surface area contributed by atoms with Gasteiger partial charge in [-0.3, -0.25) is 0 Å². The Morgan fingerprint density at radius 1 is 0.806 bits per heavy atom. The molecular formula is C27H57NO7P+. The van der Waals surface area contributed by atoms with Crippen LogP contribution in [0.5, 0.6) is 0 Å². The number of methoxy groups -OCH3 is 1. The molecule has 0 radical (unpaired) electrons. The Balaban J connectivity index is 2.15. The second-order valence-corrected chi connectivity index (χ2v) is 12.7. The van der Waals surface area contributed by atoms with Gasteiger partial charge in [-0.15, -0.1) is 0 Å². The first-order valence-corrected chi connectivity index (χ1v) is 15.9. The lowest BCUT2D eigenvalue weighted by Gasteiger charge is -2.44. The first kappa shape index (κ1) is 34.0. The fraction of sp³-hybridized carbons (Fsp3) is 1.00. The minimum Gasteiger partial charge on any atom is -0.373 e. The molecular weight excluding hydrogens is 481 g/mol. The topological polar surface area (TPSA) is 94.5 Å². The summed E-state index contributed by atoms with van der Waals surface area (Å²) in [7, 11) is 2.30. The highest BCUT2D eigenvalue weighted by molar-refractivity contribution is 7.46. The van der Waals surface area contributed by atoms with Crippen molar-refractivity contribution in [3.63, 3.8) is 0 Å². The summed E-state index contributed by atoms with van der Waals surface area (Å²) in [6.45, 7) is 3.02. The van der Waals surface area contributed by atoms with Crippen LogP contribution in [0.3, 0.4) is 0 Å². The SMILES string of the molecule is CCCCCCCCCCCCCCCCC[C@@H]1CO[C@@H](C(C[N+](C)(C)C)(OC)OP(=O)(O)O)CO1. The van der Waals surface area contributed by atoms with E-state index in [-0.39, 0.29) is 19.3 Å². The zero-order valence-electron chi connectivity index (χ0n) is 23.9. The fourth-order valence-corrected chi connectivity index (χ4v) is 5.64. The number of hydrogen-bond donors (Lipinski definition) is 2. The molecule has 0 aliphatic carbocycles. The maximum atomic E-state index is 11.7. The van der Waals surface area contributed by atoms with Crippen molar-refractivity contribution in [1.82, 2.24) is 0 Å². The third-order valence-electron chi connectivity index (χ3n) is 6.90. The van der Waals surface area contributed by atoms with Gasteiger partial charge in [-0.25, -0.2) is 9.09 Å². The summed E-state index contributed by atoms with van der Waals surface area (Å²) in [6.07, 6.45) is 20.4. The average Bonchev–Trinajstić information content (AvgIpc) is 2.79. The van der Waals surface area contributed by atoms with E-state index in [4.69, 9.17) is 18.7 Å². The van der Waals surface area contributed by atoms with Crippen LogP contribution in [0.2, 0.25) is 0 Å². The van der Waals surface area contributed by atoms with E-state index < -0.39 is 19.7 Å². The molecule has 1 fully saturated rings. The summed E-state index contributed by atoms with van der Waals surface area (Å²) in [4.78, 5) is 18.9. The molecule has 216 valence electrons. The van der Waals surface area contributed by atoms with Crippen molar-refractivity contribution in [3.05, 3.63) is 0 Å². The molecule has 3 atom stereocenters. The molecule has 1 aliphatic rings. The minimum atomic E-state index is -4.79. The molecule has 36 heavy (non-hydrogen) atoms. The highest BCUT2D eigenvalue weighted by atomic mass is 31.2. The summed E-state index contributed by atoms with van der Waals surface area (Å²) in [6, 6.07) is 0. The summed E-state index contributed by atoms with van der Waals surface area (Å²) in [5.41, 5.74) is 0. The van der Waals surface area contributed by atoms with Gasteiger partial charge in [0.05, 0.1) is 40.5 Å². The lowest BCUT2D eigenvalue weighted by Crippen LogP contribution is -2.61. The van der Waals surface area contributed by atoms with E-state index in [1.54, 1.807) is 0 Å². The molecule has 1 heterocycles. The van der Waals surface area contributed by atoms with Gasteiger partial charge >= 0.3 is 7.82 Å². The van der Waals surface area contributed by atoms with Crippen molar-refractivity contribution >= 4 is 7.82 Å². The van der Waals surface area contributed by atoms with Crippen LogP contribution in [0.1, 0.15) is 110 Å². The van der Waals surface area contributed by atoms with Crippen LogP contribution >= 0.6 is 7.82 Å². The van der Waals surface area contributed by atoms with Crippen molar-refractivity contribution in [2.24, 2.45) is 0 Å². The van der Waals surface area contributed by atoms with Crippen LogP contribution in [-0.2, 0) is 23.3 Å². The van der Waals surface area contributed by atoms with Crippen molar-refractivity contribution < 1.29 is 37.6 Å². The molecule has 0 bridgehead atoms. The third kappa shape index (κ3) is 16.0. The largest absolute Gasteiger partial charge is 0.472 e. The monoisotopic (exact) mass is 538 g/mol. The molecule has 0 amide bonds. The molecule has 0 saturated carbocycles. The van der Waals surface area contributed by atoms with Gasteiger partial charge in [0.15, 0.2) is 0 Å². The molecule has 0 spiro atoms. The lowest BCUT2D eigenvalue weighted by molar-refractivity contribution is -0.881. The second kappa shape index (κ2) is 18.3. The molecule has 1 unspecified atom stereocenters. The van der Waals surface area contributed by atoms with E-state index in [1.807, 2.05) is 21.1 Å². The molecule has 1 rings (SSSR count). The number of unbranched alkanes of at least 4 members (excludes halogenated alkanes) is 14. The first-order valence-electron chi connectivity index (χ1n) is 14.4.